The number of aryl methyl sites for hydroxylation is 1. The number of nitrogens with zero attached hydrogens (tertiary/aromatic N) is 2. The average Bonchev–Trinajstić information content (AvgIpc) is 2.61. The van der Waals surface area contributed by atoms with Crippen LogP contribution in [0.2, 0.25) is 0 Å². The standard InChI is InChI=1S/C9H17N5O2S/c1-6(2)8(9(10)11)13-17(15,16)7-4-14(3)5-12-7/h4-6,8,13H,1-3H3,(H3,10,11). The smallest absolute Gasteiger partial charge is 0.260 e. The van der Waals surface area contributed by atoms with Crippen molar-refractivity contribution >= 4 is 15.9 Å². The van der Waals surface area contributed by atoms with Crippen LogP contribution in [0.3, 0.4) is 0 Å². The Balaban J connectivity index is 2.97. The molecular formula is C9H17N5O2S. The molecule has 1 unspecified atom stereocenters. The third kappa shape index (κ3) is 3.27. The fourth-order valence-electron chi connectivity index (χ4n) is 1.31. The number of hydrogen-bond acceptors (Lipinski definition) is 4. The normalized spacial score (nSPS) is 13.9. The van der Waals surface area contributed by atoms with Crippen molar-refractivity contribution in [1.29, 1.82) is 5.41 Å². The van der Waals surface area contributed by atoms with Crippen molar-refractivity contribution in [3.63, 3.8) is 0 Å². The summed E-state index contributed by atoms with van der Waals surface area (Å²) in [6.45, 7) is 3.57. The third-order valence-electron chi connectivity index (χ3n) is 2.24. The molecular weight excluding hydrogens is 242 g/mol. The van der Waals surface area contributed by atoms with Crippen LogP contribution >= 0.6 is 0 Å². The predicted octanol–water partition coefficient (Wildman–Crippen LogP) is -0.341. The van der Waals surface area contributed by atoms with Gasteiger partial charge in [0.15, 0.2) is 5.03 Å². The number of amidine groups is 1. The minimum atomic E-state index is -3.73. The molecule has 0 radical (unpaired) electrons. The second-order valence-electron chi connectivity index (χ2n) is 4.18. The van der Waals surface area contributed by atoms with Gasteiger partial charge in [0.1, 0.15) is 5.84 Å². The zero-order valence-electron chi connectivity index (χ0n) is 10.0. The van der Waals surface area contributed by atoms with Crippen LogP contribution in [0.1, 0.15) is 13.8 Å². The summed E-state index contributed by atoms with van der Waals surface area (Å²) in [7, 11) is -2.05. The molecule has 8 heteroatoms. The Morgan fingerprint density at radius 2 is 2.18 bits per heavy atom. The maximum absolute atomic E-state index is 11.9. The summed E-state index contributed by atoms with van der Waals surface area (Å²) in [4.78, 5) is 3.76. The van der Waals surface area contributed by atoms with E-state index < -0.39 is 16.1 Å². The monoisotopic (exact) mass is 259 g/mol. The SMILES string of the molecule is CC(C)C(NS(=O)(=O)c1cn(C)cn1)C(=N)N. The first-order valence-electron chi connectivity index (χ1n) is 5.08. The minimum absolute atomic E-state index is 0.0769. The summed E-state index contributed by atoms with van der Waals surface area (Å²) >= 11 is 0. The van der Waals surface area contributed by atoms with Gasteiger partial charge in [0, 0.05) is 13.2 Å². The lowest BCUT2D eigenvalue weighted by atomic mass is 10.1. The summed E-state index contributed by atoms with van der Waals surface area (Å²) in [5.41, 5.74) is 5.36. The van der Waals surface area contributed by atoms with E-state index in [1.165, 1.54) is 17.1 Å². The molecule has 1 atom stereocenters. The molecule has 0 aromatic carbocycles. The molecule has 1 aromatic heterocycles. The Morgan fingerprint density at radius 1 is 1.59 bits per heavy atom. The highest BCUT2D eigenvalue weighted by atomic mass is 32.2. The first-order chi connectivity index (χ1) is 7.74. The van der Waals surface area contributed by atoms with Crippen molar-refractivity contribution in [3.8, 4) is 0 Å². The minimum Gasteiger partial charge on any atom is -0.386 e. The van der Waals surface area contributed by atoms with Crippen LogP contribution < -0.4 is 10.5 Å². The molecule has 96 valence electrons. The lowest BCUT2D eigenvalue weighted by Crippen LogP contribution is -2.47. The second kappa shape index (κ2) is 4.84. The van der Waals surface area contributed by atoms with Gasteiger partial charge in [-0.3, -0.25) is 5.41 Å². The Morgan fingerprint density at radius 3 is 2.53 bits per heavy atom. The molecule has 0 spiro atoms. The van der Waals surface area contributed by atoms with E-state index in [-0.39, 0.29) is 16.8 Å². The Bertz CT molecular complexity index is 505. The second-order valence-corrected chi connectivity index (χ2v) is 5.84. The van der Waals surface area contributed by atoms with Crippen LogP contribution in [-0.2, 0) is 17.1 Å². The van der Waals surface area contributed by atoms with Gasteiger partial charge in [-0.05, 0) is 5.92 Å². The fourth-order valence-corrected chi connectivity index (χ4v) is 2.66. The number of aromatic nitrogens is 2. The predicted molar refractivity (Wildman–Crippen MR) is 64.1 cm³/mol. The van der Waals surface area contributed by atoms with Gasteiger partial charge in [0.05, 0.1) is 12.4 Å². The molecule has 0 aliphatic carbocycles. The van der Waals surface area contributed by atoms with E-state index in [0.29, 0.717) is 0 Å². The third-order valence-corrected chi connectivity index (χ3v) is 3.57. The average molecular weight is 259 g/mol. The molecule has 17 heavy (non-hydrogen) atoms. The van der Waals surface area contributed by atoms with E-state index in [4.69, 9.17) is 11.1 Å². The van der Waals surface area contributed by atoms with Gasteiger partial charge in [-0.2, -0.15) is 4.72 Å². The highest BCUT2D eigenvalue weighted by Gasteiger charge is 2.25. The van der Waals surface area contributed by atoms with Crippen LogP contribution in [0, 0.1) is 11.3 Å². The maximum Gasteiger partial charge on any atom is 0.260 e. The number of imidazole rings is 1. The Labute approximate surface area is 101 Å². The van der Waals surface area contributed by atoms with E-state index in [2.05, 4.69) is 9.71 Å². The summed E-state index contributed by atoms with van der Waals surface area (Å²) in [6, 6.07) is -0.720. The summed E-state index contributed by atoms with van der Waals surface area (Å²) in [5.74, 6) is -0.314. The molecule has 7 nitrogen and oxygen atoms in total. The molecule has 0 bridgehead atoms. The number of hydrogen-bond donors (Lipinski definition) is 3. The Hall–Kier alpha value is -1.41. The van der Waals surface area contributed by atoms with Crippen molar-refractivity contribution in [2.75, 3.05) is 0 Å². The van der Waals surface area contributed by atoms with E-state index >= 15 is 0 Å². The summed E-state index contributed by atoms with van der Waals surface area (Å²) in [5, 5.41) is 7.28. The summed E-state index contributed by atoms with van der Waals surface area (Å²) in [6.07, 6.45) is 2.78. The van der Waals surface area contributed by atoms with Crippen molar-refractivity contribution in [3.05, 3.63) is 12.5 Å². The van der Waals surface area contributed by atoms with Crippen LogP contribution in [0.15, 0.2) is 17.6 Å². The van der Waals surface area contributed by atoms with Gasteiger partial charge in [-0.1, -0.05) is 13.8 Å². The molecule has 0 saturated heterocycles. The molecule has 1 rings (SSSR count). The quantitative estimate of drug-likeness (QED) is 0.495. The van der Waals surface area contributed by atoms with Gasteiger partial charge < -0.3 is 10.3 Å². The molecule has 0 fully saturated rings. The first-order valence-corrected chi connectivity index (χ1v) is 6.56. The summed E-state index contributed by atoms with van der Waals surface area (Å²) < 4.78 is 27.8. The molecule has 0 amide bonds. The van der Waals surface area contributed by atoms with Gasteiger partial charge in [-0.25, -0.2) is 13.4 Å². The van der Waals surface area contributed by atoms with Crippen LogP contribution in [0.25, 0.3) is 0 Å². The number of sulfonamides is 1. The molecule has 0 saturated carbocycles. The van der Waals surface area contributed by atoms with Gasteiger partial charge in [0.25, 0.3) is 10.0 Å². The van der Waals surface area contributed by atoms with E-state index in [0.717, 1.165) is 0 Å². The number of nitrogens with one attached hydrogen (secondary N) is 2. The van der Waals surface area contributed by atoms with E-state index in [1.54, 1.807) is 20.9 Å². The molecule has 0 aliphatic rings. The van der Waals surface area contributed by atoms with Crippen molar-refractivity contribution < 1.29 is 8.42 Å². The van der Waals surface area contributed by atoms with Gasteiger partial charge >= 0.3 is 0 Å². The van der Waals surface area contributed by atoms with Crippen molar-refractivity contribution in [1.82, 2.24) is 14.3 Å². The molecule has 1 heterocycles. The van der Waals surface area contributed by atoms with E-state index in [9.17, 15) is 8.42 Å². The fraction of sp³-hybridized carbons (Fsp3) is 0.556. The Kier molecular flexibility index (Phi) is 3.89. The topological polar surface area (TPSA) is 114 Å². The zero-order chi connectivity index (χ0) is 13.2. The van der Waals surface area contributed by atoms with Crippen LogP contribution in [-0.4, -0.2) is 29.8 Å². The highest BCUT2D eigenvalue weighted by molar-refractivity contribution is 7.89. The molecule has 1 aromatic rings. The largest absolute Gasteiger partial charge is 0.386 e. The zero-order valence-corrected chi connectivity index (χ0v) is 10.8. The lowest BCUT2D eigenvalue weighted by molar-refractivity contribution is 0.520. The van der Waals surface area contributed by atoms with Crippen molar-refractivity contribution in [2.45, 2.75) is 24.9 Å². The van der Waals surface area contributed by atoms with Gasteiger partial charge in [-0.15, -0.1) is 0 Å². The van der Waals surface area contributed by atoms with Gasteiger partial charge in [0.2, 0.25) is 0 Å². The van der Waals surface area contributed by atoms with Crippen LogP contribution in [0.4, 0.5) is 0 Å². The van der Waals surface area contributed by atoms with E-state index in [1.807, 2.05) is 0 Å². The maximum atomic E-state index is 11.9. The highest BCUT2D eigenvalue weighted by Crippen LogP contribution is 2.09. The number of nitrogens with two attached hydrogens (primary N) is 1. The lowest BCUT2D eigenvalue weighted by Gasteiger charge is -2.19. The first kappa shape index (κ1) is 13.7. The number of rotatable bonds is 5. The molecule has 4 N–H and O–H groups in total. The van der Waals surface area contributed by atoms with Crippen molar-refractivity contribution in [2.24, 2.45) is 18.7 Å². The van der Waals surface area contributed by atoms with Crippen LogP contribution in [0.5, 0.6) is 0 Å². The molecule has 0 aliphatic heterocycles.